The summed E-state index contributed by atoms with van der Waals surface area (Å²) in [6, 6.07) is 1.85. The van der Waals surface area contributed by atoms with E-state index in [0.717, 1.165) is 19.1 Å². The van der Waals surface area contributed by atoms with Gasteiger partial charge in [0.15, 0.2) is 6.29 Å². The van der Waals surface area contributed by atoms with Gasteiger partial charge in [0.05, 0.1) is 0 Å². The van der Waals surface area contributed by atoms with Crippen LogP contribution < -0.4 is 0 Å². The number of ether oxygens (including phenoxy) is 1. The molecule has 0 aromatic rings. The number of unbranched alkanes of at least 4 members (excludes halogenated alkanes) is 1. The third-order valence-electron chi connectivity index (χ3n) is 1.90. The van der Waals surface area contributed by atoms with Crippen molar-refractivity contribution in [3.8, 4) is 6.07 Å². The first-order chi connectivity index (χ1) is 7.20. The summed E-state index contributed by atoms with van der Waals surface area (Å²) in [6.45, 7) is 1.50. The molecule has 0 aromatic carbocycles. The topological polar surface area (TPSA) is 68.5 Å². The van der Waals surface area contributed by atoms with E-state index in [9.17, 15) is 4.79 Å². The van der Waals surface area contributed by atoms with E-state index in [1.807, 2.05) is 6.07 Å². The molecule has 0 aromatic heterocycles. The Balaban J connectivity index is 2.17. The van der Waals surface area contributed by atoms with Gasteiger partial charge >= 0.3 is 0 Å². The highest BCUT2D eigenvalue weighted by atomic mass is 17.3. The van der Waals surface area contributed by atoms with Gasteiger partial charge in [0.2, 0.25) is 0 Å². The Morgan fingerprint density at radius 2 is 2.40 bits per heavy atom. The van der Waals surface area contributed by atoms with Crippen LogP contribution in [0.4, 0.5) is 0 Å². The SMILES string of the molecule is CC1(C#N)OOC(CCC/C=C\C=O)O1. The van der Waals surface area contributed by atoms with E-state index in [1.165, 1.54) is 13.0 Å². The molecule has 0 spiro atoms. The molecule has 2 atom stereocenters. The highest BCUT2D eigenvalue weighted by molar-refractivity contribution is 5.64. The molecule has 0 amide bonds. The zero-order valence-electron chi connectivity index (χ0n) is 8.51. The quantitative estimate of drug-likeness (QED) is 0.298. The number of hydrogen-bond donors (Lipinski definition) is 0. The average Bonchev–Trinajstić information content (AvgIpc) is 2.61. The van der Waals surface area contributed by atoms with Crippen molar-refractivity contribution < 1.29 is 19.3 Å². The molecule has 2 unspecified atom stereocenters. The number of hydrogen-bond acceptors (Lipinski definition) is 5. The third kappa shape index (κ3) is 3.80. The summed E-state index contributed by atoms with van der Waals surface area (Å²) in [5.74, 6) is -1.29. The summed E-state index contributed by atoms with van der Waals surface area (Å²) in [7, 11) is 0. The van der Waals surface area contributed by atoms with Crippen molar-refractivity contribution >= 4 is 6.29 Å². The second-order valence-corrected chi connectivity index (χ2v) is 3.28. The summed E-state index contributed by atoms with van der Waals surface area (Å²) >= 11 is 0. The number of rotatable bonds is 5. The van der Waals surface area contributed by atoms with E-state index < -0.39 is 12.1 Å². The van der Waals surface area contributed by atoms with E-state index in [-0.39, 0.29) is 0 Å². The maximum atomic E-state index is 9.96. The zero-order chi connectivity index (χ0) is 11.1. The Morgan fingerprint density at radius 1 is 1.60 bits per heavy atom. The molecule has 0 saturated carbocycles. The normalized spacial score (nSPS) is 30.5. The lowest BCUT2D eigenvalue weighted by atomic mass is 10.2. The number of nitrogens with zero attached hydrogens (tertiary/aromatic N) is 1. The molecule has 1 saturated heterocycles. The van der Waals surface area contributed by atoms with E-state index in [2.05, 4.69) is 0 Å². The minimum atomic E-state index is -1.29. The molecule has 0 bridgehead atoms. The van der Waals surface area contributed by atoms with Crippen LogP contribution in [-0.2, 0) is 19.3 Å². The van der Waals surface area contributed by atoms with E-state index in [0.29, 0.717) is 6.42 Å². The Kier molecular flexibility index (Phi) is 4.43. The van der Waals surface area contributed by atoms with Crippen LogP contribution in [0, 0.1) is 11.3 Å². The maximum Gasteiger partial charge on any atom is 0.288 e. The van der Waals surface area contributed by atoms with Crippen molar-refractivity contribution in [1.82, 2.24) is 0 Å². The van der Waals surface area contributed by atoms with Crippen molar-refractivity contribution in [1.29, 1.82) is 5.26 Å². The lowest BCUT2D eigenvalue weighted by molar-refractivity contribution is -0.311. The third-order valence-corrected chi connectivity index (χ3v) is 1.90. The highest BCUT2D eigenvalue weighted by Crippen LogP contribution is 2.26. The maximum absolute atomic E-state index is 9.96. The molecule has 1 heterocycles. The van der Waals surface area contributed by atoms with Crippen molar-refractivity contribution in [2.24, 2.45) is 0 Å². The second kappa shape index (κ2) is 5.61. The molecule has 5 heteroatoms. The monoisotopic (exact) mass is 211 g/mol. The van der Waals surface area contributed by atoms with E-state index in [1.54, 1.807) is 6.08 Å². The van der Waals surface area contributed by atoms with Crippen LogP contribution in [0.5, 0.6) is 0 Å². The fourth-order valence-corrected chi connectivity index (χ4v) is 1.14. The molecule has 5 nitrogen and oxygen atoms in total. The molecule has 82 valence electrons. The Morgan fingerprint density at radius 3 is 3.00 bits per heavy atom. The first-order valence-electron chi connectivity index (χ1n) is 4.74. The smallest absolute Gasteiger partial charge is 0.288 e. The van der Waals surface area contributed by atoms with Gasteiger partial charge < -0.3 is 4.74 Å². The number of carbonyl (C=O) groups is 1. The summed E-state index contributed by atoms with van der Waals surface area (Å²) in [5.41, 5.74) is 0. The van der Waals surface area contributed by atoms with Gasteiger partial charge in [-0.25, -0.2) is 4.89 Å². The van der Waals surface area contributed by atoms with Gasteiger partial charge in [0.1, 0.15) is 12.4 Å². The summed E-state index contributed by atoms with van der Waals surface area (Å²) in [4.78, 5) is 19.5. The van der Waals surface area contributed by atoms with Crippen LogP contribution in [0.15, 0.2) is 12.2 Å². The van der Waals surface area contributed by atoms with Crippen molar-refractivity contribution in [3.63, 3.8) is 0 Å². The van der Waals surface area contributed by atoms with Crippen LogP contribution in [0.25, 0.3) is 0 Å². The summed E-state index contributed by atoms with van der Waals surface area (Å²) in [6.07, 6.45) is 5.65. The minimum absolute atomic E-state index is 0.501. The molecule has 0 N–H and O–H groups in total. The number of aldehydes is 1. The van der Waals surface area contributed by atoms with Gasteiger partial charge in [0, 0.05) is 13.3 Å². The number of nitriles is 1. The van der Waals surface area contributed by atoms with Crippen LogP contribution in [0.1, 0.15) is 26.2 Å². The van der Waals surface area contributed by atoms with Gasteiger partial charge in [-0.05, 0) is 18.9 Å². The molecule has 1 fully saturated rings. The van der Waals surface area contributed by atoms with Gasteiger partial charge in [-0.2, -0.15) is 10.1 Å². The zero-order valence-corrected chi connectivity index (χ0v) is 8.51. The van der Waals surface area contributed by atoms with Gasteiger partial charge in [-0.3, -0.25) is 4.79 Å². The van der Waals surface area contributed by atoms with Crippen molar-refractivity contribution in [3.05, 3.63) is 12.2 Å². The molecule has 1 aliphatic rings. The highest BCUT2D eigenvalue weighted by Gasteiger charge is 2.39. The van der Waals surface area contributed by atoms with E-state index >= 15 is 0 Å². The van der Waals surface area contributed by atoms with Crippen LogP contribution in [0.3, 0.4) is 0 Å². The molecule has 0 aliphatic carbocycles. The van der Waals surface area contributed by atoms with Crippen molar-refractivity contribution in [2.75, 3.05) is 0 Å². The summed E-state index contributed by atoms with van der Waals surface area (Å²) in [5, 5.41) is 8.65. The van der Waals surface area contributed by atoms with Crippen molar-refractivity contribution in [2.45, 2.75) is 38.3 Å². The molecular weight excluding hydrogens is 198 g/mol. The lowest BCUT2D eigenvalue weighted by Gasteiger charge is -2.09. The molecule has 0 radical (unpaired) electrons. The number of carbonyl (C=O) groups excluding carboxylic acids is 1. The predicted octanol–water partition coefficient (Wildman–Crippen LogP) is 1.46. The lowest BCUT2D eigenvalue weighted by Crippen LogP contribution is -2.23. The molecule has 1 rings (SSSR count). The van der Waals surface area contributed by atoms with Gasteiger partial charge in [-0.15, -0.1) is 0 Å². The molecule has 1 aliphatic heterocycles. The van der Waals surface area contributed by atoms with Gasteiger partial charge in [0.25, 0.3) is 5.79 Å². The Bertz CT molecular complexity index is 284. The molecule has 15 heavy (non-hydrogen) atoms. The Labute approximate surface area is 88.2 Å². The average molecular weight is 211 g/mol. The summed E-state index contributed by atoms with van der Waals surface area (Å²) < 4.78 is 5.21. The van der Waals surface area contributed by atoms with Crippen LogP contribution >= 0.6 is 0 Å². The fourth-order valence-electron chi connectivity index (χ4n) is 1.14. The van der Waals surface area contributed by atoms with Crippen LogP contribution in [-0.4, -0.2) is 18.4 Å². The van der Waals surface area contributed by atoms with Crippen LogP contribution in [0.2, 0.25) is 0 Å². The largest absolute Gasteiger partial charge is 0.303 e. The second-order valence-electron chi connectivity index (χ2n) is 3.28. The first kappa shape index (κ1) is 11.9. The van der Waals surface area contributed by atoms with Gasteiger partial charge in [-0.1, -0.05) is 6.08 Å². The minimum Gasteiger partial charge on any atom is -0.303 e. The molecular formula is C10H13NO4. The number of allylic oxidation sites excluding steroid dienone is 2. The first-order valence-corrected chi connectivity index (χ1v) is 4.74. The standard InChI is InChI=1S/C10H13NO4/c1-10(8-11)13-9(14-15-10)6-4-2-3-5-7-12/h3,5,7,9H,2,4,6H2,1H3/b5-3-. The predicted molar refractivity (Wildman–Crippen MR) is 50.1 cm³/mol. The fraction of sp³-hybridized carbons (Fsp3) is 0.600. The van der Waals surface area contributed by atoms with E-state index in [4.69, 9.17) is 19.8 Å². The Hall–Kier alpha value is -1.22.